The van der Waals surface area contributed by atoms with Gasteiger partial charge in [0.15, 0.2) is 0 Å². The van der Waals surface area contributed by atoms with Crippen LogP contribution in [0.3, 0.4) is 0 Å². The van der Waals surface area contributed by atoms with Crippen LogP contribution in [0.2, 0.25) is 0 Å². The number of carboxylic acid groups (broad SMARTS) is 1. The molecule has 2 aromatic rings. The Bertz CT molecular complexity index is 648. The van der Waals surface area contributed by atoms with E-state index < -0.39 is 34.0 Å². The van der Waals surface area contributed by atoms with Crippen molar-refractivity contribution in [2.24, 2.45) is 0 Å². The third kappa shape index (κ3) is 1.35. The molecule has 0 aliphatic carbocycles. The molecule has 2 N–H and O–H groups in total. The minimum Gasteiger partial charge on any atom is -0.477 e. The van der Waals surface area contributed by atoms with Crippen molar-refractivity contribution in [1.29, 1.82) is 0 Å². The van der Waals surface area contributed by atoms with Crippen molar-refractivity contribution in [2.75, 3.05) is 0 Å². The number of aromatic carboxylic acids is 1. The standard InChI is InChI=1S/C10H5F2NO3/c11-5-1-2-6(12)8-7(5)9(14)4(3-13-8)10(15)16/h1-3H,(H,13,14)(H,15,16). The minimum absolute atomic E-state index is 0.338. The lowest BCUT2D eigenvalue weighted by atomic mass is 10.1. The molecule has 82 valence electrons. The number of rotatable bonds is 1. The van der Waals surface area contributed by atoms with Gasteiger partial charge in [0.25, 0.3) is 0 Å². The van der Waals surface area contributed by atoms with Crippen LogP contribution in [0.15, 0.2) is 23.1 Å². The lowest BCUT2D eigenvalue weighted by Crippen LogP contribution is -2.16. The molecule has 0 aliphatic heterocycles. The number of nitrogens with one attached hydrogen (secondary N) is 1. The summed E-state index contributed by atoms with van der Waals surface area (Å²) in [5.74, 6) is -3.27. The van der Waals surface area contributed by atoms with Crippen LogP contribution < -0.4 is 5.43 Å². The molecule has 2 rings (SSSR count). The molecule has 1 heterocycles. The predicted octanol–water partition coefficient (Wildman–Crippen LogP) is 1.50. The Labute approximate surface area is 87.1 Å². The number of hydrogen-bond donors (Lipinski definition) is 2. The lowest BCUT2D eigenvalue weighted by Gasteiger charge is -2.01. The molecule has 0 unspecified atom stereocenters. The van der Waals surface area contributed by atoms with Crippen LogP contribution in [0.4, 0.5) is 8.78 Å². The van der Waals surface area contributed by atoms with Crippen molar-refractivity contribution in [3.8, 4) is 0 Å². The van der Waals surface area contributed by atoms with Crippen molar-refractivity contribution in [2.45, 2.75) is 0 Å². The summed E-state index contributed by atoms with van der Waals surface area (Å²) in [6.07, 6.45) is 0.843. The molecule has 4 nitrogen and oxygen atoms in total. The molecule has 1 aromatic heterocycles. The van der Waals surface area contributed by atoms with E-state index in [1.165, 1.54) is 0 Å². The fraction of sp³-hybridized carbons (Fsp3) is 0. The molecular formula is C10H5F2NO3. The summed E-state index contributed by atoms with van der Waals surface area (Å²) in [6.45, 7) is 0. The SMILES string of the molecule is O=C(O)c1c[nH]c2c(F)ccc(F)c2c1=O. The molecule has 1 aromatic carbocycles. The highest BCUT2D eigenvalue weighted by Crippen LogP contribution is 2.15. The van der Waals surface area contributed by atoms with E-state index in [0.717, 1.165) is 18.3 Å². The van der Waals surface area contributed by atoms with Crippen LogP contribution >= 0.6 is 0 Å². The van der Waals surface area contributed by atoms with Crippen LogP contribution in [-0.2, 0) is 0 Å². The zero-order valence-corrected chi connectivity index (χ0v) is 7.75. The van der Waals surface area contributed by atoms with Gasteiger partial charge in [0, 0.05) is 6.20 Å². The number of carboxylic acids is 1. The van der Waals surface area contributed by atoms with Crippen molar-refractivity contribution in [3.63, 3.8) is 0 Å². The van der Waals surface area contributed by atoms with Gasteiger partial charge in [0.1, 0.15) is 17.2 Å². The van der Waals surface area contributed by atoms with E-state index in [2.05, 4.69) is 4.98 Å². The second kappa shape index (κ2) is 3.41. The third-order valence-corrected chi connectivity index (χ3v) is 2.17. The smallest absolute Gasteiger partial charge is 0.341 e. The third-order valence-electron chi connectivity index (χ3n) is 2.17. The van der Waals surface area contributed by atoms with Crippen molar-refractivity contribution < 1.29 is 18.7 Å². The summed E-state index contributed by atoms with van der Waals surface area (Å²) >= 11 is 0. The fourth-order valence-electron chi connectivity index (χ4n) is 1.42. The Morgan fingerprint density at radius 2 is 1.88 bits per heavy atom. The Morgan fingerprint density at radius 1 is 1.25 bits per heavy atom. The minimum atomic E-state index is -1.49. The van der Waals surface area contributed by atoms with E-state index in [4.69, 9.17) is 5.11 Å². The quantitative estimate of drug-likeness (QED) is 0.772. The second-order valence-electron chi connectivity index (χ2n) is 3.12. The summed E-state index contributed by atoms with van der Waals surface area (Å²) in [6, 6.07) is 1.63. The number of pyridine rings is 1. The van der Waals surface area contributed by atoms with E-state index >= 15 is 0 Å². The molecule has 0 atom stereocenters. The van der Waals surface area contributed by atoms with E-state index in [0.29, 0.717) is 0 Å². The van der Waals surface area contributed by atoms with Gasteiger partial charge in [-0.05, 0) is 12.1 Å². The maximum Gasteiger partial charge on any atom is 0.341 e. The van der Waals surface area contributed by atoms with Crippen LogP contribution in [0.1, 0.15) is 10.4 Å². The number of benzene rings is 1. The Hall–Kier alpha value is -2.24. The van der Waals surface area contributed by atoms with E-state index in [1.54, 1.807) is 0 Å². The first-order valence-electron chi connectivity index (χ1n) is 4.25. The summed E-state index contributed by atoms with van der Waals surface area (Å²) in [5, 5.41) is 8.07. The first-order valence-corrected chi connectivity index (χ1v) is 4.25. The van der Waals surface area contributed by atoms with Crippen molar-refractivity contribution in [3.05, 3.63) is 45.8 Å². The zero-order valence-electron chi connectivity index (χ0n) is 7.75. The van der Waals surface area contributed by atoms with Gasteiger partial charge in [0.05, 0.1) is 10.9 Å². The van der Waals surface area contributed by atoms with Crippen LogP contribution in [0.5, 0.6) is 0 Å². The summed E-state index contributed by atoms with van der Waals surface area (Å²) in [5.41, 5.74) is -2.01. The monoisotopic (exact) mass is 225 g/mol. The number of hydrogen-bond acceptors (Lipinski definition) is 2. The maximum absolute atomic E-state index is 13.3. The molecule has 0 saturated heterocycles. The molecule has 16 heavy (non-hydrogen) atoms. The number of H-pyrrole nitrogens is 1. The van der Waals surface area contributed by atoms with Gasteiger partial charge in [-0.2, -0.15) is 0 Å². The molecule has 0 fully saturated rings. The average molecular weight is 225 g/mol. The highest BCUT2D eigenvalue weighted by atomic mass is 19.1. The van der Waals surface area contributed by atoms with Gasteiger partial charge in [-0.1, -0.05) is 0 Å². The normalized spacial score (nSPS) is 10.6. The molecule has 0 amide bonds. The van der Waals surface area contributed by atoms with E-state index in [-0.39, 0.29) is 5.52 Å². The Balaban J connectivity index is 3.00. The molecular weight excluding hydrogens is 220 g/mol. The summed E-state index contributed by atoms with van der Waals surface area (Å²) in [4.78, 5) is 24.4. The predicted molar refractivity (Wildman–Crippen MR) is 51.4 cm³/mol. The van der Waals surface area contributed by atoms with Crippen LogP contribution in [-0.4, -0.2) is 16.1 Å². The number of fused-ring (bicyclic) bond motifs is 1. The van der Waals surface area contributed by atoms with Gasteiger partial charge in [-0.3, -0.25) is 4.79 Å². The van der Waals surface area contributed by atoms with Gasteiger partial charge >= 0.3 is 5.97 Å². The van der Waals surface area contributed by atoms with E-state index in [9.17, 15) is 18.4 Å². The Kier molecular flexibility index (Phi) is 2.19. The van der Waals surface area contributed by atoms with Gasteiger partial charge in [-0.15, -0.1) is 0 Å². The number of halogens is 2. The first kappa shape index (κ1) is 10.3. The molecule has 0 saturated carbocycles. The maximum atomic E-state index is 13.3. The summed E-state index contributed by atoms with van der Waals surface area (Å²) < 4.78 is 26.5. The van der Waals surface area contributed by atoms with Crippen molar-refractivity contribution in [1.82, 2.24) is 4.98 Å². The van der Waals surface area contributed by atoms with E-state index in [1.807, 2.05) is 0 Å². The molecule has 0 bridgehead atoms. The van der Waals surface area contributed by atoms with Crippen molar-refractivity contribution >= 4 is 16.9 Å². The largest absolute Gasteiger partial charge is 0.477 e. The highest BCUT2D eigenvalue weighted by molar-refractivity contribution is 5.92. The Morgan fingerprint density at radius 3 is 2.50 bits per heavy atom. The molecule has 0 radical (unpaired) electrons. The zero-order chi connectivity index (χ0) is 11.9. The first-order chi connectivity index (χ1) is 7.52. The van der Waals surface area contributed by atoms with Crippen LogP contribution in [0, 0.1) is 11.6 Å². The van der Waals surface area contributed by atoms with Gasteiger partial charge in [0.2, 0.25) is 5.43 Å². The lowest BCUT2D eigenvalue weighted by molar-refractivity contribution is 0.0695. The number of carbonyl (C=O) groups is 1. The topological polar surface area (TPSA) is 70.2 Å². The van der Waals surface area contributed by atoms with Gasteiger partial charge < -0.3 is 10.1 Å². The molecule has 0 aliphatic rings. The number of aromatic amines is 1. The molecule has 6 heteroatoms. The number of aromatic nitrogens is 1. The highest BCUT2D eigenvalue weighted by Gasteiger charge is 2.16. The second-order valence-corrected chi connectivity index (χ2v) is 3.12. The average Bonchev–Trinajstić information content (AvgIpc) is 2.23. The summed E-state index contributed by atoms with van der Waals surface area (Å²) in [7, 11) is 0. The molecule has 0 spiro atoms. The van der Waals surface area contributed by atoms with Crippen LogP contribution in [0.25, 0.3) is 10.9 Å². The van der Waals surface area contributed by atoms with Gasteiger partial charge in [-0.25, -0.2) is 13.6 Å². The fourth-order valence-corrected chi connectivity index (χ4v) is 1.42.